The van der Waals surface area contributed by atoms with Gasteiger partial charge in [-0.05, 0) is 12.1 Å². The second-order valence-electron chi connectivity index (χ2n) is 4.15. The Balaban J connectivity index is 2.90. The summed E-state index contributed by atoms with van der Waals surface area (Å²) in [5.74, 6) is -12.0. The monoisotopic (exact) mass is 338 g/mol. The number of nitrogens with zero attached hydrogens (tertiary/aromatic N) is 2. The molecular weight excluding hydrogens is 336 g/mol. The third-order valence-corrected chi connectivity index (χ3v) is 2.75. The first kappa shape index (κ1) is 16.7. The van der Waals surface area contributed by atoms with Gasteiger partial charge in [0, 0.05) is 0 Å². The average molecular weight is 338 g/mol. The molecule has 0 saturated heterocycles. The van der Waals surface area contributed by atoms with Crippen molar-refractivity contribution in [3.05, 3.63) is 52.5 Å². The van der Waals surface area contributed by atoms with E-state index in [4.69, 9.17) is 5.26 Å². The van der Waals surface area contributed by atoms with Gasteiger partial charge < -0.3 is 0 Å². The number of pyridine rings is 1. The van der Waals surface area contributed by atoms with Crippen LogP contribution in [0.3, 0.4) is 0 Å². The molecule has 2 rings (SSSR count). The van der Waals surface area contributed by atoms with Gasteiger partial charge in [0.1, 0.15) is 11.8 Å². The maximum Gasteiger partial charge on any atom is 0.433 e. The molecule has 0 unspecified atom stereocenters. The van der Waals surface area contributed by atoms with Crippen molar-refractivity contribution < 1.29 is 35.1 Å². The summed E-state index contributed by atoms with van der Waals surface area (Å²) >= 11 is 0. The van der Waals surface area contributed by atoms with E-state index in [1.165, 1.54) is 6.07 Å². The molecule has 1 aromatic carbocycles. The van der Waals surface area contributed by atoms with Gasteiger partial charge in [-0.3, -0.25) is 0 Å². The van der Waals surface area contributed by atoms with Crippen molar-refractivity contribution in [3.8, 4) is 17.3 Å². The van der Waals surface area contributed by atoms with Crippen molar-refractivity contribution in [2.45, 2.75) is 6.18 Å². The van der Waals surface area contributed by atoms with E-state index in [0.717, 1.165) is 0 Å². The first-order valence-corrected chi connectivity index (χ1v) is 5.59. The molecule has 1 heterocycles. The first-order valence-electron chi connectivity index (χ1n) is 5.59. The maximum absolute atomic E-state index is 13.7. The van der Waals surface area contributed by atoms with Crippen LogP contribution in [0, 0.1) is 40.4 Å². The van der Waals surface area contributed by atoms with Crippen LogP contribution in [0.4, 0.5) is 35.1 Å². The molecule has 0 aliphatic rings. The average Bonchev–Trinajstić information content (AvgIpc) is 2.50. The molecule has 0 saturated carbocycles. The molecule has 0 radical (unpaired) electrons. The van der Waals surface area contributed by atoms with E-state index in [2.05, 4.69) is 4.98 Å². The standard InChI is InChI=1S/C13H2F8N2/c14-7-6(8(15)10(17)11(18)9(7)16)12-4(3-22)1-2-5(23-12)13(19,20)21/h1-2H. The molecule has 1 aromatic heterocycles. The zero-order chi connectivity index (χ0) is 17.5. The maximum atomic E-state index is 13.7. The lowest BCUT2D eigenvalue weighted by molar-refractivity contribution is -0.141. The number of aromatic nitrogens is 1. The second kappa shape index (κ2) is 5.49. The van der Waals surface area contributed by atoms with E-state index in [9.17, 15) is 35.1 Å². The Morgan fingerprint density at radius 3 is 1.74 bits per heavy atom. The van der Waals surface area contributed by atoms with Gasteiger partial charge in [-0.15, -0.1) is 0 Å². The quantitative estimate of drug-likeness (QED) is 0.441. The highest BCUT2D eigenvalue weighted by Gasteiger charge is 2.35. The van der Waals surface area contributed by atoms with Crippen LogP contribution in [0.1, 0.15) is 11.3 Å². The number of alkyl halides is 3. The highest BCUT2D eigenvalue weighted by Crippen LogP contribution is 2.35. The molecule has 0 bridgehead atoms. The Hall–Kier alpha value is -2.70. The largest absolute Gasteiger partial charge is 0.433 e. The fourth-order valence-electron chi connectivity index (χ4n) is 1.71. The van der Waals surface area contributed by atoms with Gasteiger partial charge in [0.25, 0.3) is 0 Å². The van der Waals surface area contributed by atoms with Gasteiger partial charge in [-0.25, -0.2) is 26.9 Å². The Morgan fingerprint density at radius 1 is 0.826 bits per heavy atom. The lowest BCUT2D eigenvalue weighted by atomic mass is 10.0. The summed E-state index contributed by atoms with van der Waals surface area (Å²) in [7, 11) is 0. The zero-order valence-corrected chi connectivity index (χ0v) is 10.6. The van der Waals surface area contributed by atoms with Crippen molar-refractivity contribution >= 4 is 0 Å². The number of nitriles is 1. The summed E-state index contributed by atoms with van der Waals surface area (Å²) in [6, 6.07) is 2.14. The zero-order valence-electron chi connectivity index (χ0n) is 10.6. The number of rotatable bonds is 1. The predicted molar refractivity (Wildman–Crippen MR) is 59.2 cm³/mol. The molecule has 0 aliphatic heterocycles. The smallest absolute Gasteiger partial charge is 0.242 e. The van der Waals surface area contributed by atoms with E-state index in [0.29, 0.717) is 12.1 Å². The normalized spacial score (nSPS) is 11.4. The van der Waals surface area contributed by atoms with Gasteiger partial charge in [-0.2, -0.15) is 18.4 Å². The van der Waals surface area contributed by atoms with Crippen LogP contribution in [0.2, 0.25) is 0 Å². The summed E-state index contributed by atoms with van der Waals surface area (Å²) in [5.41, 5.74) is -5.45. The van der Waals surface area contributed by atoms with E-state index >= 15 is 0 Å². The van der Waals surface area contributed by atoms with Gasteiger partial charge >= 0.3 is 6.18 Å². The van der Waals surface area contributed by atoms with Gasteiger partial charge in [0.15, 0.2) is 23.3 Å². The Labute approximate surface area is 122 Å². The summed E-state index contributed by atoms with van der Waals surface area (Å²) in [6.07, 6.45) is -5.05. The number of halogens is 8. The fraction of sp³-hybridized carbons (Fsp3) is 0.0769. The molecule has 120 valence electrons. The first-order chi connectivity index (χ1) is 10.6. The molecule has 0 spiro atoms. The predicted octanol–water partition coefficient (Wildman–Crippen LogP) is 4.33. The van der Waals surface area contributed by atoms with E-state index in [1.54, 1.807) is 0 Å². The highest BCUT2D eigenvalue weighted by molar-refractivity contribution is 5.68. The summed E-state index contributed by atoms with van der Waals surface area (Å²) in [5, 5.41) is 8.77. The van der Waals surface area contributed by atoms with E-state index in [1.807, 2.05) is 0 Å². The third-order valence-electron chi connectivity index (χ3n) is 2.75. The van der Waals surface area contributed by atoms with Crippen LogP contribution in [-0.2, 0) is 6.18 Å². The van der Waals surface area contributed by atoms with Crippen molar-refractivity contribution in [3.63, 3.8) is 0 Å². The van der Waals surface area contributed by atoms with Gasteiger partial charge in [0.2, 0.25) is 5.82 Å². The number of hydrogen-bond donors (Lipinski definition) is 0. The van der Waals surface area contributed by atoms with E-state index < -0.39 is 57.8 Å². The highest BCUT2D eigenvalue weighted by atomic mass is 19.4. The molecule has 2 nitrogen and oxygen atoms in total. The van der Waals surface area contributed by atoms with Gasteiger partial charge in [0.05, 0.1) is 16.8 Å². The molecule has 0 atom stereocenters. The fourth-order valence-corrected chi connectivity index (χ4v) is 1.71. The summed E-state index contributed by atoms with van der Waals surface area (Å²) in [4.78, 5) is 2.84. The molecule has 0 N–H and O–H groups in total. The molecule has 10 heteroatoms. The van der Waals surface area contributed by atoms with Gasteiger partial charge in [-0.1, -0.05) is 0 Å². The van der Waals surface area contributed by atoms with Crippen LogP contribution in [0.5, 0.6) is 0 Å². The molecule has 0 aliphatic carbocycles. The van der Waals surface area contributed by atoms with Crippen LogP contribution in [0.15, 0.2) is 12.1 Å². The van der Waals surface area contributed by atoms with Crippen LogP contribution >= 0.6 is 0 Å². The van der Waals surface area contributed by atoms with Crippen molar-refractivity contribution in [2.75, 3.05) is 0 Å². The lowest BCUT2D eigenvalue weighted by Gasteiger charge is -2.12. The molecule has 23 heavy (non-hydrogen) atoms. The summed E-state index contributed by atoms with van der Waals surface area (Å²) < 4.78 is 104. The van der Waals surface area contributed by atoms with Crippen molar-refractivity contribution in [2.24, 2.45) is 0 Å². The minimum absolute atomic E-state index is 0.341. The van der Waals surface area contributed by atoms with Crippen molar-refractivity contribution in [1.82, 2.24) is 4.98 Å². The number of benzene rings is 1. The lowest BCUT2D eigenvalue weighted by Crippen LogP contribution is -2.11. The Kier molecular flexibility index (Phi) is 3.98. The van der Waals surface area contributed by atoms with Crippen LogP contribution in [0.25, 0.3) is 11.3 Å². The minimum atomic E-state index is -5.05. The molecule has 2 aromatic rings. The second-order valence-corrected chi connectivity index (χ2v) is 4.15. The minimum Gasteiger partial charge on any atom is -0.242 e. The third kappa shape index (κ3) is 2.69. The molecule has 0 fully saturated rings. The molecule has 0 amide bonds. The van der Waals surface area contributed by atoms with Crippen LogP contribution < -0.4 is 0 Å². The molecular formula is C13H2F8N2. The van der Waals surface area contributed by atoms with Crippen molar-refractivity contribution in [1.29, 1.82) is 5.26 Å². The SMILES string of the molecule is N#Cc1ccc(C(F)(F)F)nc1-c1c(F)c(F)c(F)c(F)c1F. The number of hydrogen-bond acceptors (Lipinski definition) is 2. The van der Waals surface area contributed by atoms with Crippen LogP contribution in [-0.4, -0.2) is 4.98 Å². The summed E-state index contributed by atoms with van der Waals surface area (Å²) in [6.45, 7) is 0. The Morgan fingerprint density at radius 2 is 1.30 bits per heavy atom. The van der Waals surface area contributed by atoms with E-state index in [-0.39, 0.29) is 0 Å². The topological polar surface area (TPSA) is 36.7 Å². The Bertz CT molecular complexity index is 806.